The van der Waals surface area contributed by atoms with Gasteiger partial charge in [-0.3, -0.25) is 19.0 Å². The van der Waals surface area contributed by atoms with Crippen LogP contribution in [0.15, 0.2) is 47.8 Å². The number of amides is 4. The highest BCUT2D eigenvalue weighted by Crippen LogP contribution is 2.34. The largest absolute Gasteiger partial charge is 0.453 e. The summed E-state index contributed by atoms with van der Waals surface area (Å²) in [6.45, 7) is 9.39. The number of aromatic amines is 1. The van der Waals surface area contributed by atoms with Crippen molar-refractivity contribution < 1.29 is 28.7 Å². The molecule has 56 heavy (non-hydrogen) atoms. The predicted octanol–water partition coefficient (Wildman–Crippen LogP) is 4.59. The van der Waals surface area contributed by atoms with Gasteiger partial charge in [0.15, 0.2) is 4.96 Å². The van der Waals surface area contributed by atoms with Crippen molar-refractivity contribution in [2.45, 2.75) is 83.6 Å². The molecule has 6 heterocycles. The van der Waals surface area contributed by atoms with Crippen molar-refractivity contribution in [2.24, 2.45) is 16.8 Å². The first kappa shape index (κ1) is 38.8. The fourth-order valence-corrected chi connectivity index (χ4v) is 8.87. The first-order valence-corrected chi connectivity index (χ1v) is 20.0. The van der Waals surface area contributed by atoms with E-state index < -0.39 is 24.3 Å². The van der Waals surface area contributed by atoms with Crippen molar-refractivity contribution in [1.82, 2.24) is 45.1 Å². The number of carbonyl (C=O) groups excluding carboxylic acids is 4. The number of alkyl carbamates (subject to hydrolysis) is 2. The third kappa shape index (κ3) is 7.81. The Morgan fingerprint density at radius 1 is 0.857 bits per heavy atom. The number of nitrogens with one attached hydrogen (secondary N) is 4. The molecule has 4 aromatic rings. The number of likely N-dealkylation sites (tertiary alicyclic amines) is 2. The van der Waals surface area contributed by atoms with Crippen molar-refractivity contribution in [1.29, 1.82) is 0 Å². The maximum Gasteiger partial charge on any atom is 0.407 e. The van der Waals surface area contributed by atoms with Gasteiger partial charge in [-0.05, 0) is 48.6 Å². The van der Waals surface area contributed by atoms with Crippen LogP contribution in [0.3, 0.4) is 0 Å². The molecule has 298 valence electrons. The summed E-state index contributed by atoms with van der Waals surface area (Å²) in [6, 6.07) is 6.60. The Labute approximate surface area is 329 Å². The van der Waals surface area contributed by atoms with Gasteiger partial charge in [-0.2, -0.15) is 0 Å². The van der Waals surface area contributed by atoms with Gasteiger partial charge in [0.2, 0.25) is 11.8 Å². The lowest BCUT2D eigenvalue weighted by molar-refractivity contribution is -0.136. The van der Waals surface area contributed by atoms with E-state index in [0.717, 1.165) is 63.9 Å². The van der Waals surface area contributed by atoms with Gasteiger partial charge in [-0.25, -0.2) is 19.6 Å². The van der Waals surface area contributed by atoms with Crippen LogP contribution in [0.5, 0.6) is 0 Å². The zero-order valence-electron chi connectivity index (χ0n) is 32.6. The van der Waals surface area contributed by atoms with E-state index in [1.165, 1.54) is 14.2 Å². The van der Waals surface area contributed by atoms with Gasteiger partial charge in [0, 0.05) is 25.5 Å². The molecular formula is C39H50N10O6S. The Morgan fingerprint density at radius 3 is 2.12 bits per heavy atom. The standard InChI is InChI=1S/C39H50N10O6S/c1-21(2)31(45-38(52)54-5)35(50)48-15-7-9-28(48)26-18-40-33(43-26)27-19-47-20-30(56-37(47)44-27)24-13-11-23(12-14-24)25-17-41-34(42-25)29-10-8-16-49(29)36(51)32(22(3)4)46-39(53)55-6/h11-14,17,19-22,26,28-29,31-32H,7-10,15-16,18H2,1-6H3,(H,40,43)(H,41,42)(H,45,52)(H,46,53)/t26-,28?,29-,31-,32-/m0/s1. The van der Waals surface area contributed by atoms with E-state index in [1.54, 1.807) is 22.4 Å². The molecule has 4 amide bonds. The molecule has 17 heteroatoms. The Bertz CT molecular complexity index is 2070. The number of H-pyrrole nitrogens is 1. The summed E-state index contributed by atoms with van der Waals surface area (Å²) >= 11 is 1.59. The zero-order chi connectivity index (χ0) is 39.7. The van der Waals surface area contributed by atoms with E-state index in [4.69, 9.17) is 19.5 Å². The number of nitrogens with zero attached hydrogens (tertiary/aromatic N) is 6. The number of thiazole rings is 1. The highest BCUT2D eigenvalue weighted by Gasteiger charge is 2.41. The highest BCUT2D eigenvalue weighted by molar-refractivity contribution is 7.20. The minimum Gasteiger partial charge on any atom is -0.453 e. The topological polar surface area (TPSA) is 188 Å². The molecule has 0 radical (unpaired) electrons. The second kappa shape index (κ2) is 16.3. The quantitative estimate of drug-likeness (QED) is 0.169. The van der Waals surface area contributed by atoms with Crippen molar-refractivity contribution in [2.75, 3.05) is 33.9 Å². The van der Waals surface area contributed by atoms with Gasteiger partial charge in [0.1, 0.15) is 29.4 Å². The number of benzene rings is 1. The van der Waals surface area contributed by atoms with E-state index >= 15 is 0 Å². The van der Waals surface area contributed by atoms with Crippen molar-refractivity contribution in [3.8, 4) is 21.7 Å². The number of methoxy groups -OCH3 is 2. The average molecular weight is 787 g/mol. The van der Waals surface area contributed by atoms with Crippen LogP contribution < -0.4 is 16.0 Å². The van der Waals surface area contributed by atoms with E-state index in [-0.39, 0.29) is 41.8 Å². The fourth-order valence-electron chi connectivity index (χ4n) is 7.89. The molecule has 2 fully saturated rings. The van der Waals surface area contributed by atoms with Crippen molar-refractivity contribution in [3.05, 3.63) is 54.4 Å². The summed E-state index contributed by atoms with van der Waals surface area (Å²) in [5.41, 5.74) is 3.64. The molecule has 0 aliphatic carbocycles. The smallest absolute Gasteiger partial charge is 0.407 e. The molecule has 7 rings (SSSR count). The summed E-state index contributed by atoms with van der Waals surface area (Å²) in [7, 11) is 2.59. The summed E-state index contributed by atoms with van der Waals surface area (Å²) in [5.74, 6) is 1.00. The molecule has 2 saturated heterocycles. The first-order valence-electron chi connectivity index (χ1n) is 19.2. The van der Waals surface area contributed by atoms with Crippen molar-refractivity contribution >= 4 is 46.1 Å². The van der Waals surface area contributed by atoms with E-state index in [9.17, 15) is 19.2 Å². The van der Waals surface area contributed by atoms with Gasteiger partial charge in [0.05, 0.1) is 55.7 Å². The number of amidine groups is 1. The number of hydrogen-bond acceptors (Lipinski definition) is 11. The normalized spacial score (nSPS) is 20.6. The first-order chi connectivity index (χ1) is 26.9. The van der Waals surface area contributed by atoms with E-state index in [0.29, 0.717) is 25.5 Å². The van der Waals surface area contributed by atoms with Crippen LogP contribution in [0.25, 0.3) is 26.7 Å². The molecule has 5 atom stereocenters. The lowest BCUT2D eigenvalue weighted by Crippen LogP contribution is -2.56. The summed E-state index contributed by atoms with van der Waals surface area (Å²) in [4.78, 5) is 74.4. The molecule has 0 spiro atoms. The van der Waals surface area contributed by atoms with Gasteiger partial charge in [0.25, 0.3) is 0 Å². The Hall–Kier alpha value is -5.45. The second-order valence-electron chi connectivity index (χ2n) is 15.3. The predicted molar refractivity (Wildman–Crippen MR) is 211 cm³/mol. The minimum atomic E-state index is -0.688. The monoisotopic (exact) mass is 786 g/mol. The minimum absolute atomic E-state index is 0.0444. The number of hydrogen-bond donors (Lipinski definition) is 4. The maximum atomic E-state index is 13.6. The molecular weight excluding hydrogens is 737 g/mol. The number of imidazole rings is 2. The summed E-state index contributed by atoms with van der Waals surface area (Å²) in [5, 5.41) is 8.95. The molecule has 0 bridgehead atoms. The molecule has 3 aliphatic rings. The van der Waals surface area contributed by atoms with Crippen LogP contribution in [0, 0.1) is 11.8 Å². The van der Waals surface area contributed by atoms with Gasteiger partial charge in [-0.15, -0.1) is 0 Å². The summed E-state index contributed by atoms with van der Waals surface area (Å²) in [6.07, 6.45) is 7.97. The molecule has 1 aromatic carbocycles. The zero-order valence-corrected chi connectivity index (χ0v) is 33.4. The van der Waals surface area contributed by atoms with Crippen LogP contribution >= 0.6 is 11.3 Å². The number of rotatable bonds is 11. The van der Waals surface area contributed by atoms with Gasteiger partial charge < -0.3 is 40.2 Å². The molecule has 16 nitrogen and oxygen atoms in total. The SMILES string of the molecule is COC(=O)N[C@H](C(=O)N1CCCC1[C@@H]1CN=C(c2cn3cc(-c4ccc(-c5cnc([C@@H]6CCCN6C(=O)[C@@H](NC(=O)OC)C(C)C)[nH]5)cc4)sc3n2)N1)C(C)C. The van der Waals surface area contributed by atoms with Crippen LogP contribution in [0.4, 0.5) is 9.59 Å². The van der Waals surface area contributed by atoms with Crippen LogP contribution in [0.2, 0.25) is 0 Å². The lowest BCUT2D eigenvalue weighted by atomic mass is 10.0. The van der Waals surface area contributed by atoms with E-state index in [1.807, 2.05) is 43.2 Å². The number of aromatic nitrogens is 4. The fraction of sp³-hybridized carbons (Fsp3) is 0.513. The van der Waals surface area contributed by atoms with Crippen LogP contribution in [-0.4, -0.2) is 117 Å². The number of carbonyl (C=O) groups is 4. The third-order valence-electron chi connectivity index (χ3n) is 10.9. The van der Waals surface area contributed by atoms with Gasteiger partial charge in [-0.1, -0.05) is 63.3 Å². The van der Waals surface area contributed by atoms with Crippen LogP contribution in [0.1, 0.15) is 70.9 Å². The summed E-state index contributed by atoms with van der Waals surface area (Å²) < 4.78 is 11.5. The number of aliphatic imine (C=N–C) groups is 1. The lowest BCUT2D eigenvalue weighted by Gasteiger charge is -2.33. The molecule has 4 N–H and O–H groups in total. The molecule has 0 saturated carbocycles. The second-order valence-corrected chi connectivity index (χ2v) is 16.3. The molecule has 1 unspecified atom stereocenters. The number of fused-ring (bicyclic) bond motifs is 1. The molecule has 3 aromatic heterocycles. The van der Waals surface area contributed by atoms with Crippen molar-refractivity contribution in [3.63, 3.8) is 0 Å². The third-order valence-corrected chi connectivity index (χ3v) is 12.0. The number of ether oxygens (including phenoxy) is 2. The maximum absolute atomic E-state index is 13.6. The van der Waals surface area contributed by atoms with E-state index in [2.05, 4.69) is 56.4 Å². The molecule has 3 aliphatic heterocycles. The Kier molecular flexibility index (Phi) is 11.3. The Morgan fingerprint density at radius 2 is 1.48 bits per heavy atom. The van der Waals surface area contributed by atoms with Crippen LogP contribution in [-0.2, 0) is 19.1 Å². The van der Waals surface area contributed by atoms with Gasteiger partial charge >= 0.3 is 12.2 Å². The highest BCUT2D eigenvalue weighted by atomic mass is 32.1. The Balaban J connectivity index is 0.984. The average Bonchev–Trinajstić information content (AvgIpc) is 4.04.